The molecule has 0 saturated carbocycles. The predicted molar refractivity (Wildman–Crippen MR) is 69.7 cm³/mol. The first-order valence-corrected chi connectivity index (χ1v) is 6.41. The van der Waals surface area contributed by atoms with Gasteiger partial charge in [0.05, 0.1) is 25.1 Å². The highest BCUT2D eigenvalue weighted by atomic mass is 16.5. The van der Waals surface area contributed by atoms with Gasteiger partial charge in [0.25, 0.3) is 5.56 Å². The summed E-state index contributed by atoms with van der Waals surface area (Å²) in [5.74, 6) is 0.911. The molecular formula is C12H15N5O3. The molecule has 8 nitrogen and oxygen atoms in total. The molecule has 0 amide bonds. The minimum Gasteiger partial charge on any atom is -0.378 e. The molecule has 0 atom stereocenters. The van der Waals surface area contributed by atoms with Gasteiger partial charge in [-0.25, -0.2) is 4.68 Å². The van der Waals surface area contributed by atoms with Crippen molar-refractivity contribution in [1.82, 2.24) is 19.9 Å². The molecule has 1 aliphatic heterocycles. The Morgan fingerprint density at radius 3 is 2.80 bits per heavy atom. The Kier molecular flexibility index (Phi) is 3.46. The van der Waals surface area contributed by atoms with Crippen LogP contribution in [-0.4, -0.2) is 46.2 Å². The van der Waals surface area contributed by atoms with Crippen LogP contribution in [0.25, 0.3) is 0 Å². The molecule has 1 fully saturated rings. The molecule has 0 unspecified atom stereocenters. The first-order chi connectivity index (χ1) is 9.72. The highest BCUT2D eigenvalue weighted by Crippen LogP contribution is 2.11. The van der Waals surface area contributed by atoms with Crippen LogP contribution in [0.5, 0.6) is 0 Å². The van der Waals surface area contributed by atoms with Crippen molar-refractivity contribution in [3.05, 3.63) is 34.3 Å². The van der Waals surface area contributed by atoms with Crippen molar-refractivity contribution in [1.29, 1.82) is 0 Å². The number of rotatable bonds is 3. The third kappa shape index (κ3) is 2.69. The van der Waals surface area contributed by atoms with E-state index in [1.165, 1.54) is 4.68 Å². The normalized spacial score (nSPS) is 15.6. The molecule has 2 aromatic rings. The Labute approximate surface area is 115 Å². The second-order valence-corrected chi connectivity index (χ2v) is 4.54. The molecule has 1 saturated heterocycles. The molecule has 2 aromatic heterocycles. The molecule has 0 bridgehead atoms. The molecule has 106 valence electrons. The fourth-order valence-electron chi connectivity index (χ4n) is 2.08. The number of hydrogen-bond acceptors (Lipinski definition) is 7. The van der Waals surface area contributed by atoms with Crippen LogP contribution in [-0.2, 0) is 11.3 Å². The average molecular weight is 277 g/mol. The Hall–Kier alpha value is -2.22. The summed E-state index contributed by atoms with van der Waals surface area (Å²) >= 11 is 0. The number of morpholine rings is 1. The van der Waals surface area contributed by atoms with E-state index < -0.39 is 0 Å². The number of nitrogens with zero attached hydrogens (tertiary/aromatic N) is 5. The lowest BCUT2D eigenvalue weighted by Crippen LogP contribution is -2.37. The second kappa shape index (κ2) is 5.41. The SMILES string of the molecule is Cc1nc(Cn2ncc(N3CCOCC3)cc2=O)no1. The summed E-state index contributed by atoms with van der Waals surface area (Å²) in [5, 5.41) is 7.91. The van der Waals surface area contributed by atoms with Gasteiger partial charge in [-0.2, -0.15) is 10.1 Å². The molecule has 8 heteroatoms. The highest BCUT2D eigenvalue weighted by Gasteiger charge is 2.13. The summed E-state index contributed by atoms with van der Waals surface area (Å²) < 4.78 is 11.5. The second-order valence-electron chi connectivity index (χ2n) is 4.54. The smallest absolute Gasteiger partial charge is 0.269 e. The van der Waals surface area contributed by atoms with E-state index in [0.29, 0.717) is 24.9 Å². The van der Waals surface area contributed by atoms with E-state index in [1.807, 2.05) is 0 Å². The van der Waals surface area contributed by atoms with Gasteiger partial charge in [0.1, 0.15) is 6.54 Å². The lowest BCUT2D eigenvalue weighted by atomic mass is 10.3. The topological polar surface area (TPSA) is 86.3 Å². The molecule has 0 spiro atoms. The number of anilines is 1. The predicted octanol–water partition coefficient (Wildman–Crippen LogP) is -0.180. The van der Waals surface area contributed by atoms with E-state index in [-0.39, 0.29) is 12.1 Å². The monoisotopic (exact) mass is 277 g/mol. The summed E-state index contributed by atoms with van der Waals surface area (Å²) in [6, 6.07) is 1.57. The summed E-state index contributed by atoms with van der Waals surface area (Å²) in [6.07, 6.45) is 1.68. The van der Waals surface area contributed by atoms with Crippen LogP contribution in [0.15, 0.2) is 21.6 Å². The van der Waals surface area contributed by atoms with Gasteiger partial charge in [0.15, 0.2) is 5.82 Å². The van der Waals surface area contributed by atoms with E-state index in [4.69, 9.17) is 9.26 Å². The van der Waals surface area contributed by atoms with Crippen LogP contribution in [0.1, 0.15) is 11.7 Å². The molecular weight excluding hydrogens is 262 g/mol. The largest absolute Gasteiger partial charge is 0.378 e. The van der Waals surface area contributed by atoms with E-state index in [1.54, 1.807) is 19.2 Å². The van der Waals surface area contributed by atoms with E-state index >= 15 is 0 Å². The van der Waals surface area contributed by atoms with Gasteiger partial charge in [0.2, 0.25) is 5.89 Å². The van der Waals surface area contributed by atoms with Crippen LogP contribution in [0.3, 0.4) is 0 Å². The highest BCUT2D eigenvalue weighted by molar-refractivity contribution is 5.43. The van der Waals surface area contributed by atoms with E-state index in [9.17, 15) is 4.79 Å². The Balaban J connectivity index is 1.78. The fraction of sp³-hybridized carbons (Fsp3) is 0.500. The molecule has 3 rings (SSSR count). The van der Waals surface area contributed by atoms with Crippen molar-refractivity contribution < 1.29 is 9.26 Å². The minimum absolute atomic E-state index is 0.184. The number of hydrogen-bond donors (Lipinski definition) is 0. The first kappa shape index (κ1) is 12.8. The lowest BCUT2D eigenvalue weighted by Gasteiger charge is -2.28. The molecule has 0 radical (unpaired) electrons. The van der Waals surface area contributed by atoms with Gasteiger partial charge < -0.3 is 14.2 Å². The van der Waals surface area contributed by atoms with Crippen LogP contribution in [0.2, 0.25) is 0 Å². The van der Waals surface area contributed by atoms with Gasteiger partial charge >= 0.3 is 0 Å². The molecule has 20 heavy (non-hydrogen) atoms. The maximum atomic E-state index is 12.1. The quantitative estimate of drug-likeness (QED) is 0.769. The Bertz CT molecular complexity index is 645. The maximum absolute atomic E-state index is 12.1. The molecule has 3 heterocycles. The van der Waals surface area contributed by atoms with Crippen molar-refractivity contribution >= 4 is 5.69 Å². The van der Waals surface area contributed by atoms with Crippen LogP contribution in [0.4, 0.5) is 5.69 Å². The average Bonchev–Trinajstić information content (AvgIpc) is 2.87. The van der Waals surface area contributed by atoms with Crippen LogP contribution >= 0.6 is 0 Å². The maximum Gasteiger partial charge on any atom is 0.269 e. The van der Waals surface area contributed by atoms with Crippen LogP contribution < -0.4 is 10.5 Å². The van der Waals surface area contributed by atoms with Gasteiger partial charge in [-0.3, -0.25) is 4.79 Å². The summed E-state index contributed by atoms with van der Waals surface area (Å²) in [7, 11) is 0. The zero-order valence-electron chi connectivity index (χ0n) is 11.2. The van der Waals surface area contributed by atoms with Crippen molar-refractivity contribution in [2.24, 2.45) is 0 Å². The van der Waals surface area contributed by atoms with Crippen molar-refractivity contribution in [2.45, 2.75) is 13.5 Å². The Morgan fingerprint density at radius 2 is 2.15 bits per heavy atom. The van der Waals surface area contributed by atoms with Crippen LogP contribution in [0, 0.1) is 6.92 Å². The van der Waals surface area contributed by atoms with Gasteiger partial charge in [-0.05, 0) is 0 Å². The van der Waals surface area contributed by atoms with Crippen molar-refractivity contribution in [3.8, 4) is 0 Å². The molecule has 1 aliphatic rings. The molecule has 0 aliphatic carbocycles. The standard InChI is InChI=1S/C12H15N5O3/c1-9-14-11(15-20-9)8-17-12(18)6-10(7-13-17)16-2-4-19-5-3-16/h6-7H,2-5,8H2,1H3. The van der Waals surface area contributed by atoms with Crippen molar-refractivity contribution in [3.63, 3.8) is 0 Å². The van der Waals surface area contributed by atoms with Gasteiger partial charge in [-0.15, -0.1) is 0 Å². The summed E-state index contributed by atoms with van der Waals surface area (Å²) in [5.41, 5.74) is 0.635. The third-order valence-electron chi connectivity index (χ3n) is 3.09. The zero-order valence-corrected chi connectivity index (χ0v) is 11.2. The number of aryl methyl sites for hydroxylation is 1. The van der Waals surface area contributed by atoms with Gasteiger partial charge in [-0.1, -0.05) is 5.16 Å². The number of aromatic nitrogens is 4. The summed E-state index contributed by atoms with van der Waals surface area (Å²) in [6.45, 7) is 4.80. The minimum atomic E-state index is -0.184. The summed E-state index contributed by atoms with van der Waals surface area (Å²) in [4.78, 5) is 18.2. The third-order valence-corrected chi connectivity index (χ3v) is 3.09. The fourth-order valence-corrected chi connectivity index (χ4v) is 2.08. The van der Waals surface area contributed by atoms with Crippen molar-refractivity contribution in [2.75, 3.05) is 31.2 Å². The first-order valence-electron chi connectivity index (χ1n) is 6.41. The molecule has 0 N–H and O–H groups in total. The van der Waals surface area contributed by atoms with E-state index in [0.717, 1.165) is 18.8 Å². The Morgan fingerprint density at radius 1 is 1.35 bits per heavy atom. The number of ether oxygens (including phenoxy) is 1. The zero-order chi connectivity index (χ0) is 13.9. The molecule has 0 aromatic carbocycles. The lowest BCUT2D eigenvalue weighted by molar-refractivity contribution is 0.122. The van der Waals surface area contributed by atoms with Gasteiger partial charge in [0, 0.05) is 26.1 Å². The van der Waals surface area contributed by atoms with E-state index in [2.05, 4.69) is 20.1 Å².